The van der Waals surface area contributed by atoms with Crippen LogP contribution in [0.25, 0.3) is 16.9 Å². The number of anilines is 2. The van der Waals surface area contributed by atoms with Crippen LogP contribution in [0.5, 0.6) is 0 Å². The summed E-state index contributed by atoms with van der Waals surface area (Å²) in [6.07, 6.45) is 4.35. The Bertz CT molecular complexity index is 1100. The Morgan fingerprint density at radius 1 is 1.00 bits per heavy atom. The van der Waals surface area contributed by atoms with Gasteiger partial charge in [-0.1, -0.05) is 30.3 Å². The number of benzene rings is 1. The van der Waals surface area contributed by atoms with Gasteiger partial charge in [0.1, 0.15) is 7.85 Å². The fourth-order valence-corrected chi connectivity index (χ4v) is 3.06. The molecule has 0 aliphatic rings. The van der Waals surface area contributed by atoms with Gasteiger partial charge >= 0.3 is 0 Å². The largest absolute Gasteiger partial charge is 0.354 e. The van der Waals surface area contributed by atoms with E-state index < -0.39 is 0 Å². The van der Waals surface area contributed by atoms with E-state index in [1.54, 1.807) is 16.9 Å². The van der Waals surface area contributed by atoms with Gasteiger partial charge < -0.3 is 16.0 Å². The highest BCUT2D eigenvalue weighted by Crippen LogP contribution is 2.18. The zero-order valence-corrected chi connectivity index (χ0v) is 16.8. The van der Waals surface area contributed by atoms with Crippen LogP contribution in [0.15, 0.2) is 54.9 Å². The van der Waals surface area contributed by atoms with E-state index in [1.165, 1.54) is 0 Å². The predicted octanol–water partition coefficient (Wildman–Crippen LogP) is 1.61. The summed E-state index contributed by atoms with van der Waals surface area (Å²) in [6, 6.07) is 14.2. The zero-order chi connectivity index (χ0) is 20.8. The van der Waals surface area contributed by atoms with Crippen molar-refractivity contribution in [1.82, 2.24) is 29.9 Å². The fourth-order valence-electron chi connectivity index (χ4n) is 3.06. The monoisotopic (exact) mass is 398 g/mol. The van der Waals surface area contributed by atoms with Crippen LogP contribution in [0, 0.1) is 0 Å². The minimum atomic E-state index is 0.512. The van der Waals surface area contributed by atoms with Gasteiger partial charge in [0.15, 0.2) is 5.65 Å². The summed E-state index contributed by atoms with van der Waals surface area (Å²) in [5.41, 5.74) is 4.24. The molecule has 0 amide bonds. The molecular weight excluding hydrogens is 375 g/mol. The molecule has 150 valence electrons. The first-order chi connectivity index (χ1) is 14.7. The number of nitrogens with zero attached hydrogens (tertiary/aromatic N) is 5. The average Bonchev–Trinajstić information content (AvgIpc) is 3.17. The molecule has 0 saturated carbocycles. The molecule has 4 rings (SSSR count). The van der Waals surface area contributed by atoms with Crippen molar-refractivity contribution in [2.24, 2.45) is 0 Å². The summed E-state index contributed by atoms with van der Waals surface area (Å²) in [5, 5.41) is 14.0. The van der Waals surface area contributed by atoms with Crippen LogP contribution < -0.4 is 21.4 Å². The van der Waals surface area contributed by atoms with Crippen LogP contribution >= 0.6 is 0 Å². The summed E-state index contributed by atoms with van der Waals surface area (Å²) in [5.74, 6) is 1.11. The molecule has 0 spiro atoms. The molecule has 0 bridgehead atoms. The normalized spacial score (nSPS) is 11.0. The molecule has 30 heavy (non-hydrogen) atoms. The molecule has 3 N–H and O–H groups in total. The molecule has 2 radical (unpaired) electrons. The van der Waals surface area contributed by atoms with Crippen LogP contribution in [-0.4, -0.2) is 52.5 Å². The lowest BCUT2D eigenvalue weighted by atomic mass is 10.0. The maximum Gasteiger partial charge on any atom is 0.229 e. The molecule has 9 heteroatoms. The van der Waals surface area contributed by atoms with Crippen LogP contribution in [0.4, 0.5) is 11.9 Å². The Hall–Kier alpha value is -3.46. The molecule has 4 aromatic rings. The molecule has 0 atom stereocenters. The van der Waals surface area contributed by atoms with Gasteiger partial charge in [-0.2, -0.15) is 19.6 Å². The summed E-state index contributed by atoms with van der Waals surface area (Å²) in [4.78, 5) is 13.4. The highest BCUT2D eigenvalue weighted by Gasteiger charge is 2.10. The van der Waals surface area contributed by atoms with E-state index in [1.807, 2.05) is 25.2 Å². The molecular formula is C21H23BN8. The van der Waals surface area contributed by atoms with Crippen molar-refractivity contribution in [3.05, 3.63) is 60.4 Å². The van der Waals surface area contributed by atoms with Crippen LogP contribution in [0.2, 0.25) is 0 Å². The number of aromatic nitrogens is 5. The highest BCUT2D eigenvalue weighted by atomic mass is 15.4. The molecule has 0 aliphatic heterocycles. The topological polar surface area (TPSA) is 92.1 Å². The third kappa shape index (κ3) is 4.57. The summed E-state index contributed by atoms with van der Waals surface area (Å²) in [7, 11) is 7.96. The minimum absolute atomic E-state index is 0.512. The first-order valence-corrected chi connectivity index (χ1v) is 9.88. The fraction of sp³-hybridized carbons (Fsp3) is 0.238. The van der Waals surface area contributed by atoms with E-state index in [9.17, 15) is 0 Å². The standard InChI is InChI=1S/C21H23BN8/c1-23-10-4-12-25-20-28-19-17(22)14-27-30(19)21(29-20)26-13-15-6-8-16(9-7-15)18-5-2-3-11-24-18/h2-3,5-9,11,14,23H,4,10,12-13H2,1H3,(H2,25,26,28,29). The van der Waals surface area contributed by atoms with E-state index in [2.05, 4.69) is 60.3 Å². The van der Waals surface area contributed by atoms with Gasteiger partial charge in [-0.3, -0.25) is 4.98 Å². The SMILES string of the molecule is [B]c1cnn2c(NCc3ccc(-c4ccccn4)cc3)nc(NCCCNC)nc12. The van der Waals surface area contributed by atoms with Crippen molar-refractivity contribution in [2.75, 3.05) is 30.8 Å². The van der Waals surface area contributed by atoms with Crippen molar-refractivity contribution >= 4 is 30.9 Å². The lowest BCUT2D eigenvalue weighted by molar-refractivity contribution is 0.744. The first-order valence-electron chi connectivity index (χ1n) is 9.88. The van der Waals surface area contributed by atoms with Gasteiger partial charge in [-0.05, 0) is 43.2 Å². The molecule has 3 aromatic heterocycles. The number of fused-ring (bicyclic) bond motifs is 1. The molecule has 0 saturated heterocycles. The van der Waals surface area contributed by atoms with Gasteiger partial charge in [0.05, 0.1) is 5.69 Å². The number of nitrogens with one attached hydrogen (secondary N) is 3. The van der Waals surface area contributed by atoms with Crippen molar-refractivity contribution in [1.29, 1.82) is 0 Å². The van der Waals surface area contributed by atoms with Crippen molar-refractivity contribution in [2.45, 2.75) is 13.0 Å². The number of pyridine rings is 1. The van der Waals surface area contributed by atoms with E-state index in [0.717, 1.165) is 36.3 Å². The third-order valence-corrected chi connectivity index (χ3v) is 4.65. The number of rotatable bonds is 9. The summed E-state index contributed by atoms with van der Waals surface area (Å²) >= 11 is 0. The van der Waals surface area contributed by atoms with Crippen LogP contribution in [-0.2, 0) is 6.54 Å². The van der Waals surface area contributed by atoms with Crippen LogP contribution in [0.3, 0.4) is 0 Å². The average molecular weight is 398 g/mol. The summed E-state index contributed by atoms with van der Waals surface area (Å²) < 4.78 is 1.62. The van der Waals surface area contributed by atoms with E-state index >= 15 is 0 Å². The quantitative estimate of drug-likeness (QED) is 0.292. The van der Waals surface area contributed by atoms with Gasteiger partial charge in [0.2, 0.25) is 11.9 Å². The maximum atomic E-state index is 6.02. The van der Waals surface area contributed by atoms with Crippen molar-refractivity contribution in [3.63, 3.8) is 0 Å². The lowest BCUT2D eigenvalue weighted by Crippen LogP contribution is -2.17. The Morgan fingerprint density at radius 3 is 2.63 bits per heavy atom. The Morgan fingerprint density at radius 2 is 1.87 bits per heavy atom. The second-order valence-corrected chi connectivity index (χ2v) is 6.86. The molecule has 0 aliphatic carbocycles. The second-order valence-electron chi connectivity index (χ2n) is 6.86. The molecule has 0 fully saturated rings. The molecule has 8 nitrogen and oxygen atoms in total. The maximum absolute atomic E-state index is 6.02. The lowest BCUT2D eigenvalue weighted by Gasteiger charge is -2.11. The molecule has 3 heterocycles. The number of hydrogen-bond acceptors (Lipinski definition) is 7. The predicted molar refractivity (Wildman–Crippen MR) is 120 cm³/mol. The van der Waals surface area contributed by atoms with Crippen LogP contribution in [0.1, 0.15) is 12.0 Å². The highest BCUT2D eigenvalue weighted by molar-refractivity contribution is 6.36. The van der Waals surface area contributed by atoms with Gasteiger partial charge in [-0.25, -0.2) is 0 Å². The number of hydrogen-bond donors (Lipinski definition) is 3. The van der Waals surface area contributed by atoms with E-state index in [4.69, 9.17) is 7.85 Å². The third-order valence-electron chi connectivity index (χ3n) is 4.65. The first kappa shape index (κ1) is 19.8. The minimum Gasteiger partial charge on any atom is -0.354 e. The van der Waals surface area contributed by atoms with Crippen molar-refractivity contribution in [3.8, 4) is 11.3 Å². The molecule has 0 unspecified atom stereocenters. The van der Waals surface area contributed by atoms with Crippen molar-refractivity contribution < 1.29 is 0 Å². The Labute approximate surface area is 176 Å². The smallest absolute Gasteiger partial charge is 0.229 e. The van der Waals surface area contributed by atoms with E-state index in [0.29, 0.717) is 29.6 Å². The van der Waals surface area contributed by atoms with Gasteiger partial charge in [0, 0.05) is 31.0 Å². The zero-order valence-electron chi connectivity index (χ0n) is 16.8. The Kier molecular flexibility index (Phi) is 6.19. The Balaban J connectivity index is 1.49. The molecule has 1 aromatic carbocycles. The van der Waals surface area contributed by atoms with E-state index in [-0.39, 0.29) is 0 Å². The summed E-state index contributed by atoms with van der Waals surface area (Å²) in [6.45, 7) is 2.27. The van der Waals surface area contributed by atoms with Gasteiger partial charge in [0.25, 0.3) is 0 Å². The second kappa shape index (κ2) is 9.36. The van der Waals surface area contributed by atoms with Gasteiger partial charge in [-0.15, -0.1) is 0 Å².